The third-order valence-corrected chi connectivity index (χ3v) is 1.92. The Labute approximate surface area is 79.1 Å². The first kappa shape index (κ1) is 12.8. The molecule has 1 nitrogen and oxygen atoms in total. The Morgan fingerprint density at radius 2 is 1.77 bits per heavy atom. The second kappa shape index (κ2) is 6.30. The first-order valence-corrected chi connectivity index (χ1v) is 5.07. The Kier molecular flexibility index (Phi) is 6.21. The topological polar surface area (TPSA) is 20.2 Å². The van der Waals surface area contributed by atoms with Crippen molar-refractivity contribution in [1.82, 2.24) is 0 Å². The van der Waals surface area contributed by atoms with Crippen molar-refractivity contribution in [3.63, 3.8) is 0 Å². The molecule has 13 heavy (non-hydrogen) atoms. The minimum atomic E-state index is -2.52. The van der Waals surface area contributed by atoms with Crippen LogP contribution in [0.15, 0.2) is 0 Å². The highest BCUT2D eigenvalue weighted by Gasteiger charge is 2.31. The third-order valence-electron chi connectivity index (χ3n) is 1.92. The molecule has 1 unspecified atom stereocenters. The second-order valence-electron chi connectivity index (χ2n) is 3.65. The summed E-state index contributed by atoms with van der Waals surface area (Å²) in [7, 11) is 0. The Morgan fingerprint density at radius 3 is 2.31 bits per heavy atom. The van der Waals surface area contributed by atoms with Gasteiger partial charge in [-0.1, -0.05) is 20.3 Å². The molecule has 0 spiro atoms. The SMILES string of the molecule is CCC.OC1CCCC(F)(F)CC1. The summed E-state index contributed by atoms with van der Waals surface area (Å²) in [4.78, 5) is 0. The van der Waals surface area contributed by atoms with Crippen LogP contribution in [0.4, 0.5) is 8.78 Å². The molecule has 80 valence electrons. The molecule has 1 rings (SSSR count). The number of halogens is 2. The maximum Gasteiger partial charge on any atom is 0.248 e. The van der Waals surface area contributed by atoms with E-state index in [1.807, 2.05) is 0 Å². The van der Waals surface area contributed by atoms with E-state index < -0.39 is 12.0 Å². The minimum Gasteiger partial charge on any atom is -0.393 e. The third kappa shape index (κ3) is 6.94. The molecular formula is C10H20F2O. The van der Waals surface area contributed by atoms with E-state index in [0.29, 0.717) is 12.8 Å². The van der Waals surface area contributed by atoms with Gasteiger partial charge in [0, 0.05) is 12.8 Å². The van der Waals surface area contributed by atoms with Crippen molar-refractivity contribution in [3.05, 3.63) is 0 Å². The minimum absolute atomic E-state index is 0.0515. The molecule has 0 radical (unpaired) electrons. The van der Waals surface area contributed by atoms with Crippen LogP contribution in [0.2, 0.25) is 0 Å². The summed E-state index contributed by atoms with van der Waals surface area (Å²) in [5.74, 6) is -2.52. The number of hydrogen-bond acceptors (Lipinski definition) is 1. The molecule has 1 aliphatic carbocycles. The van der Waals surface area contributed by atoms with E-state index in [9.17, 15) is 8.78 Å². The highest BCUT2D eigenvalue weighted by Crippen LogP contribution is 2.31. The Balaban J connectivity index is 0.000000424. The largest absolute Gasteiger partial charge is 0.393 e. The Bertz CT molecular complexity index is 126. The quantitative estimate of drug-likeness (QED) is 0.586. The molecule has 1 aliphatic rings. The molecular weight excluding hydrogens is 174 g/mol. The molecule has 0 aliphatic heterocycles. The van der Waals surface area contributed by atoms with Gasteiger partial charge in [-0.25, -0.2) is 8.78 Å². The van der Waals surface area contributed by atoms with Crippen molar-refractivity contribution < 1.29 is 13.9 Å². The molecule has 3 heteroatoms. The van der Waals surface area contributed by atoms with Gasteiger partial charge in [-0.15, -0.1) is 0 Å². The van der Waals surface area contributed by atoms with Crippen LogP contribution in [-0.2, 0) is 0 Å². The van der Waals surface area contributed by atoms with E-state index in [2.05, 4.69) is 13.8 Å². The Hall–Kier alpha value is -0.180. The zero-order chi connectivity index (χ0) is 10.3. The van der Waals surface area contributed by atoms with Crippen LogP contribution in [0.3, 0.4) is 0 Å². The lowest BCUT2D eigenvalue weighted by Gasteiger charge is -2.11. The number of alkyl halides is 2. The highest BCUT2D eigenvalue weighted by molar-refractivity contribution is 4.73. The van der Waals surface area contributed by atoms with Crippen LogP contribution < -0.4 is 0 Å². The van der Waals surface area contributed by atoms with Crippen molar-refractivity contribution >= 4 is 0 Å². The average Bonchev–Trinajstić information content (AvgIpc) is 2.15. The normalized spacial score (nSPS) is 27.0. The molecule has 1 saturated carbocycles. The van der Waals surface area contributed by atoms with Gasteiger partial charge >= 0.3 is 0 Å². The molecule has 0 amide bonds. The van der Waals surface area contributed by atoms with Crippen LogP contribution in [0.1, 0.15) is 52.4 Å². The fraction of sp³-hybridized carbons (Fsp3) is 1.00. The fourth-order valence-corrected chi connectivity index (χ4v) is 1.24. The van der Waals surface area contributed by atoms with E-state index in [1.54, 1.807) is 0 Å². The number of rotatable bonds is 0. The lowest BCUT2D eigenvalue weighted by molar-refractivity contribution is -0.0169. The standard InChI is InChI=1S/C7H12F2O.C3H8/c8-7(9)4-1-2-6(10)3-5-7;1-3-2/h6,10H,1-5H2;3H2,1-2H3. The first-order valence-electron chi connectivity index (χ1n) is 5.07. The highest BCUT2D eigenvalue weighted by atomic mass is 19.3. The van der Waals surface area contributed by atoms with Gasteiger partial charge in [-0.3, -0.25) is 0 Å². The molecule has 1 atom stereocenters. The number of aliphatic hydroxyl groups excluding tert-OH is 1. The van der Waals surface area contributed by atoms with Crippen LogP contribution in [-0.4, -0.2) is 17.1 Å². The number of hydrogen-bond donors (Lipinski definition) is 1. The summed E-state index contributed by atoms with van der Waals surface area (Å²) in [6, 6.07) is 0. The van der Waals surface area contributed by atoms with Crippen molar-refractivity contribution in [2.24, 2.45) is 0 Å². The van der Waals surface area contributed by atoms with Gasteiger partial charge in [0.05, 0.1) is 6.10 Å². The van der Waals surface area contributed by atoms with Gasteiger partial charge in [-0.2, -0.15) is 0 Å². The van der Waals surface area contributed by atoms with Gasteiger partial charge in [0.1, 0.15) is 0 Å². The predicted octanol–water partition coefficient (Wildman–Crippen LogP) is 3.36. The zero-order valence-corrected chi connectivity index (χ0v) is 8.52. The first-order chi connectivity index (χ1) is 6.02. The molecule has 1 N–H and O–H groups in total. The van der Waals surface area contributed by atoms with E-state index in [1.165, 1.54) is 6.42 Å². The van der Waals surface area contributed by atoms with Crippen molar-refractivity contribution in [3.8, 4) is 0 Å². The lowest BCUT2D eigenvalue weighted by Crippen LogP contribution is -2.14. The van der Waals surface area contributed by atoms with E-state index in [0.717, 1.165) is 0 Å². The maximum absolute atomic E-state index is 12.5. The average molecular weight is 194 g/mol. The van der Waals surface area contributed by atoms with Crippen LogP contribution >= 0.6 is 0 Å². The van der Waals surface area contributed by atoms with Crippen molar-refractivity contribution in [2.45, 2.75) is 64.4 Å². The number of aliphatic hydroxyl groups is 1. The summed E-state index contributed by atoms with van der Waals surface area (Å²) in [6.45, 7) is 4.25. The zero-order valence-electron chi connectivity index (χ0n) is 8.52. The van der Waals surface area contributed by atoms with Gasteiger partial charge in [0.15, 0.2) is 0 Å². The summed E-state index contributed by atoms with van der Waals surface area (Å²) in [5.41, 5.74) is 0. The Morgan fingerprint density at radius 1 is 1.23 bits per heavy atom. The smallest absolute Gasteiger partial charge is 0.248 e. The van der Waals surface area contributed by atoms with Gasteiger partial charge in [0.2, 0.25) is 5.92 Å². The molecule has 1 fully saturated rings. The second-order valence-corrected chi connectivity index (χ2v) is 3.65. The monoisotopic (exact) mass is 194 g/mol. The van der Waals surface area contributed by atoms with Gasteiger partial charge < -0.3 is 5.11 Å². The summed E-state index contributed by atoms with van der Waals surface area (Å²) >= 11 is 0. The van der Waals surface area contributed by atoms with E-state index in [4.69, 9.17) is 5.11 Å². The van der Waals surface area contributed by atoms with E-state index in [-0.39, 0.29) is 19.3 Å². The summed E-state index contributed by atoms with van der Waals surface area (Å²) < 4.78 is 25.1. The van der Waals surface area contributed by atoms with Crippen molar-refractivity contribution in [1.29, 1.82) is 0 Å². The summed E-state index contributed by atoms with van der Waals surface area (Å²) in [6.07, 6.45) is 1.81. The van der Waals surface area contributed by atoms with Gasteiger partial charge in [0.25, 0.3) is 0 Å². The molecule has 0 bridgehead atoms. The van der Waals surface area contributed by atoms with E-state index >= 15 is 0 Å². The van der Waals surface area contributed by atoms with Crippen LogP contribution in [0.25, 0.3) is 0 Å². The van der Waals surface area contributed by atoms with Crippen LogP contribution in [0.5, 0.6) is 0 Å². The molecule has 0 heterocycles. The molecule has 0 aromatic rings. The molecule has 0 aromatic carbocycles. The maximum atomic E-state index is 12.5. The lowest BCUT2D eigenvalue weighted by atomic mass is 10.1. The van der Waals surface area contributed by atoms with Crippen molar-refractivity contribution in [2.75, 3.05) is 0 Å². The summed E-state index contributed by atoms with van der Waals surface area (Å²) in [5, 5.41) is 8.99. The van der Waals surface area contributed by atoms with Crippen LogP contribution in [0, 0.1) is 0 Å². The fourth-order valence-electron chi connectivity index (χ4n) is 1.24. The molecule has 0 saturated heterocycles. The predicted molar refractivity (Wildman–Crippen MR) is 50.0 cm³/mol. The van der Waals surface area contributed by atoms with Gasteiger partial charge in [-0.05, 0) is 19.3 Å². The molecule has 0 aromatic heterocycles.